The third-order valence-electron chi connectivity index (χ3n) is 8.92. The molecule has 0 amide bonds. The predicted molar refractivity (Wildman–Crippen MR) is 193 cm³/mol. The molecule has 0 radical (unpaired) electrons. The highest BCUT2D eigenvalue weighted by Gasteiger charge is 2.25. The number of anilines is 1. The molecule has 0 aliphatic carbocycles. The van der Waals surface area contributed by atoms with Crippen LogP contribution >= 0.6 is 11.3 Å². The van der Waals surface area contributed by atoms with Crippen LogP contribution in [-0.4, -0.2) is 53.2 Å². The smallest absolute Gasteiger partial charge is 0.338 e. The normalized spacial score (nSPS) is 15.4. The fourth-order valence-corrected chi connectivity index (χ4v) is 7.53. The van der Waals surface area contributed by atoms with Crippen LogP contribution in [0.4, 0.5) is 5.82 Å². The second kappa shape index (κ2) is 13.4. The Morgan fingerprint density at radius 1 is 1.02 bits per heavy atom. The quantitative estimate of drug-likeness (QED) is 0.155. The second-order valence-electron chi connectivity index (χ2n) is 12.0. The van der Waals surface area contributed by atoms with Crippen LogP contribution in [-0.2, 0) is 9.47 Å². The van der Waals surface area contributed by atoms with Crippen LogP contribution in [0, 0.1) is 0 Å². The van der Waals surface area contributed by atoms with E-state index in [1.165, 1.54) is 17.7 Å². The van der Waals surface area contributed by atoms with E-state index in [2.05, 4.69) is 20.3 Å². The van der Waals surface area contributed by atoms with Gasteiger partial charge in [0.15, 0.2) is 17.0 Å². The lowest BCUT2D eigenvalue weighted by Crippen LogP contribution is -2.28. The van der Waals surface area contributed by atoms with Gasteiger partial charge >= 0.3 is 5.97 Å². The molecule has 1 aliphatic rings. The molecule has 0 saturated carbocycles. The number of nitrogens with one attached hydrogen (secondary N) is 1. The Balaban J connectivity index is 1.24. The maximum atomic E-state index is 14.8. The second-order valence-corrected chi connectivity index (χ2v) is 13.1. The monoisotopic (exact) mass is 686 g/mol. The van der Waals surface area contributed by atoms with E-state index in [4.69, 9.17) is 19.4 Å². The van der Waals surface area contributed by atoms with Crippen LogP contribution in [0.15, 0.2) is 84.2 Å². The first-order chi connectivity index (χ1) is 24.5. The molecule has 8 rings (SSSR count). The summed E-state index contributed by atoms with van der Waals surface area (Å²) in [6.07, 6.45) is 6.79. The third-order valence-corrected chi connectivity index (χ3v) is 9.97. The van der Waals surface area contributed by atoms with E-state index >= 15 is 0 Å². The molecule has 13 heteroatoms. The topological polar surface area (TPSA) is 139 Å². The van der Waals surface area contributed by atoms with E-state index in [0.29, 0.717) is 75.2 Å². The Morgan fingerprint density at radius 3 is 2.70 bits per heavy atom. The van der Waals surface area contributed by atoms with Gasteiger partial charge in [0.25, 0.3) is 5.56 Å². The van der Waals surface area contributed by atoms with Crippen LogP contribution in [0.2, 0.25) is 0 Å². The molecule has 7 aromatic rings. The van der Waals surface area contributed by atoms with Crippen molar-refractivity contribution >= 4 is 55.4 Å². The number of nitrogens with zero attached hydrogens (tertiary/aromatic N) is 7. The molecule has 1 unspecified atom stereocenters. The van der Waals surface area contributed by atoms with Crippen molar-refractivity contribution in [1.82, 2.24) is 34.1 Å². The number of carbonyl (C=O) groups is 1. The number of para-hydroxylation sites is 1. The van der Waals surface area contributed by atoms with Gasteiger partial charge in [0, 0.05) is 12.2 Å². The van der Waals surface area contributed by atoms with E-state index in [1.54, 1.807) is 36.0 Å². The summed E-state index contributed by atoms with van der Waals surface area (Å²) in [5, 5.41) is 4.67. The summed E-state index contributed by atoms with van der Waals surface area (Å²) in [4.78, 5) is 51.0. The first kappa shape index (κ1) is 31.7. The molecule has 4 aromatic heterocycles. The summed E-state index contributed by atoms with van der Waals surface area (Å²) in [6, 6.07) is 20.0. The molecule has 1 fully saturated rings. The molecule has 0 spiro atoms. The van der Waals surface area contributed by atoms with E-state index < -0.39 is 6.04 Å². The van der Waals surface area contributed by atoms with Gasteiger partial charge in [-0.3, -0.25) is 13.9 Å². The molecular formula is C37H34N8O4S. The first-order valence-electron chi connectivity index (χ1n) is 16.8. The number of esters is 1. The average Bonchev–Trinajstić information content (AvgIpc) is 3.79. The van der Waals surface area contributed by atoms with Crippen LogP contribution < -0.4 is 10.9 Å². The van der Waals surface area contributed by atoms with E-state index in [-0.39, 0.29) is 17.8 Å². The largest absolute Gasteiger partial charge is 0.462 e. The Hall–Kier alpha value is -5.53. The Morgan fingerprint density at radius 2 is 1.90 bits per heavy atom. The number of rotatable bonds is 9. The van der Waals surface area contributed by atoms with Gasteiger partial charge in [0.05, 0.1) is 51.3 Å². The van der Waals surface area contributed by atoms with E-state index in [1.807, 2.05) is 60.0 Å². The van der Waals surface area contributed by atoms with Gasteiger partial charge in [0.2, 0.25) is 0 Å². The SMILES string of the molecule is CCOC(=O)c1ccc2nc(-c3cccc4nc([C@H](CC)Nc5ncnc6c5ncn6C5CCCCO5)n(-c5ccccc5)c(=O)c34)sc2c1. The minimum absolute atomic E-state index is 0.117. The standard InChI is InChI=1S/C37H34N8O4S/c1-3-25(41-32-31-34(39-20-38-32)44(21-40-31)29-15-8-9-18-49-29)33-42-27-14-10-13-24(30(27)36(46)45(33)23-11-6-5-7-12-23)35-43-26-17-16-22(19-28(26)50-35)37(47)48-4-2/h5-7,10-14,16-17,19-21,25,29H,3-4,8-9,15,18H2,1-2H3,(H,38,39,41)/t25-,29?/m0/s1. The maximum Gasteiger partial charge on any atom is 0.338 e. The summed E-state index contributed by atoms with van der Waals surface area (Å²) in [6.45, 7) is 4.82. The van der Waals surface area contributed by atoms with Crippen LogP contribution in [0.3, 0.4) is 0 Å². The van der Waals surface area contributed by atoms with Gasteiger partial charge in [0.1, 0.15) is 23.4 Å². The lowest BCUT2D eigenvalue weighted by atomic mass is 10.1. The number of hydrogen-bond donors (Lipinski definition) is 1. The van der Waals surface area contributed by atoms with Gasteiger partial charge in [-0.15, -0.1) is 11.3 Å². The molecule has 2 atom stereocenters. The average molecular weight is 687 g/mol. The summed E-state index contributed by atoms with van der Waals surface area (Å²) in [5.74, 6) is 0.708. The van der Waals surface area contributed by atoms with Crippen molar-refractivity contribution in [2.24, 2.45) is 0 Å². The van der Waals surface area contributed by atoms with Crippen molar-refractivity contribution in [2.45, 2.75) is 51.8 Å². The van der Waals surface area contributed by atoms with Gasteiger partial charge in [-0.1, -0.05) is 37.3 Å². The van der Waals surface area contributed by atoms with Crippen molar-refractivity contribution in [3.05, 3.63) is 101 Å². The molecule has 3 aromatic carbocycles. The third kappa shape index (κ3) is 5.67. The summed E-state index contributed by atoms with van der Waals surface area (Å²) in [7, 11) is 0. The van der Waals surface area contributed by atoms with Crippen LogP contribution in [0.25, 0.3) is 48.5 Å². The lowest BCUT2D eigenvalue weighted by Gasteiger charge is -2.24. The Kier molecular flexibility index (Phi) is 8.51. The predicted octanol–water partition coefficient (Wildman–Crippen LogP) is 7.24. The number of ether oxygens (including phenoxy) is 2. The number of fused-ring (bicyclic) bond motifs is 3. The highest BCUT2D eigenvalue weighted by atomic mass is 32.1. The molecule has 1 aliphatic heterocycles. The van der Waals surface area contributed by atoms with Crippen LogP contribution in [0.1, 0.15) is 68.0 Å². The molecule has 12 nitrogen and oxygen atoms in total. The summed E-state index contributed by atoms with van der Waals surface area (Å²) in [5.41, 5.74) is 4.18. The lowest BCUT2D eigenvalue weighted by molar-refractivity contribution is -0.0298. The van der Waals surface area contributed by atoms with Crippen molar-refractivity contribution < 1.29 is 14.3 Å². The fraction of sp³-hybridized carbons (Fsp3) is 0.270. The summed E-state index contributed by atoms with van der Waals surface area (Å²) < 4.78 is 15.7. The van der Waals surface area contributed by atoms with E-state index in [0.717, 1.165) is 29.5 Å². The summed E-state index contributed by atoms with van der Waals surface area (Å²) >= 11 is 1.42. The first-order valence-corrected chi connectivity index (χ1v) is 17.6. The van der Waals surface area contributed by atoms with Crippen LogP contribution in [0.5, 0.6) is 0 Å². The number of carbonyl (C=O) groups excluding carboxylic acids is 1. The highest BCUT2D eigenvalue weighted by Crippen LogP contribution is 2.35. The number of hydrogen-bond acceptors (Lipinski definition) is 11. The minimum atomic E-state index is -0.408. The molecular weight excluding hydrogens is 653 g/mol. The zero-order chi connectivity index (χ0) is 34.2. The number of imidazole rings is 1. The van der Waals surface area contributed by atoms with Crippen molar-refractivity contribution in [2.75, 3.05) is 18.5 Å². The molecule has 0 bridgehead atoms. The van der Waals surface area contributed by atoms with E-state index in [9.17, 15) is 9.59 Å². The van der Waals surface area contributed by atoms with Gasteiger partial charge in [-0.05, 0) is 69.0 Å². The fourth-order valence-electron chi connectivity index (χ4n) is 6.49. The van der Waals surface area contributed by atoms with Gasteiger partial charge in [-0.25, -0.2) is 29.7 Å². The molecule has 5 heterocycles. The van der Waals surface area contributed by atoms with Crippen molar-refractivity contribution in [3.8, 4) is 16.3 Å². The van der Waals surface area contributed by atoms with Gasteiger partial charge in [-0.2, -0.15) is 0 Å². The number of thiazole rings is 1. The maximum absolute atomic E-state index is 14.8. The molecule has 50 heavy (non-hydrogen) atoms. The Labute approximate surface area is 290 Å². The number of benzene rings is 3. The minimum Gasteiger partial charge on any atom is -0.462 e. The Bertz CT molecular complexity index is 2420. The highest BCUT2D eigenvalue weighted by molar-refractivity contribution is 7.21. The molecule has 1 N–H and O–H groups in total. The van der Waals surface area contributed by atoms with Crippen molar-refractivity contribution in [3.63, 3.8) is 0 Å². The van der Waals surface area contributed by atoms with Gasteiger partial charge < -0.3 is 14.8 Å². The molecule has 252 valence electrons. The van der Waals surface area contributed by atoms with Crippen molar-refractivity contribution in [1.29, 1.82) is 0 Å². The molecule has 1 saturated heterocycles. The zero-order valence-electron chi connectivity index (χ0n) is 27.6. The number of aromatic nitrogens is 7. The zero-order valence-corrected chi connectivity index (χ0v) is 28.4.